The Bertz CT molecular complexity index is 412. The lowest BCUT2D eigenvalue weighted by Gasteiger charge is -2.44. The molecule has 0 bridgehead atoms. The molecule has 0 aromatic heterocycles. The zero-order chi connectivity index (χ0) is 14.5. The van der Waals surface area contributed by atoms with Crippen LogP contribution in [0.4, 0.5) is 0 Å². The van der Waals surface area contributed by atoms with Crippen LogP contribution in [0.3, 0.4) is 0 Å². The van der Waals surface area contributed by atoms with E-state index < -0.39 is 0 Å². The number of benzene rings is 1. The maximum Gasteiger partial charge on any atom is 0.0233 e. The highest BCUT2D eigenvalue weighted by atomic mass is 15.2. The highest BCUT2D eigenvalue weighted by Gasteiger charge is 2.30. The summed E-state index contributed by atoms with van der Waals surface area (Å²) >= 11 is 0. The van der Waals surface area contributed by atoms with Gasteiger partial charge in [-0.1, -0.05) is 36.8 Å². The van der Waals surface area contributed by atoms with E-state index in [0.29, 0.717) is 6.04 Å². The van der Waals surface area contributed by atoms with E-state index in [9.17, 15) is 0 Å². The van der Waals surface area contributed by atoms with Crippen LogP contribution >= 0.6 is 0 Å². The second kappa shape index (κ2) is 7.39. The van der Waals surface area contributed by atoms with Crippen molar-refractivity contribution < 1.29 is 0 Å². The van der Waals surface area contributed by atoms with Crippen LogP contribution in [-0.4, -0.2) is 48.1 Å². The van der Waals surface area contributed by atoms with Crippen molar-refractivity contribution in [2.45, 2.75) is 50.7 Å². The van der Waals surface area contributed by atoms with Crippen LogP contribution in [0.1, 0.15) is 37.7 Å². The molecular weight excluding hydrogens is 258 g/mol. The lowest BCUT2D eigenvalue weighted by atomic mass is 9.95. The Balaban J connectivity index is 1.50. The topological polar surface area (TPSA) is 32.5 Å². The number of likely N-dealkylation sites (tertiary alicyclic amines) is 2. The molecule has 1 aromatic rings. The lowest BCUT2D eigenvalue weighted by Crippen LogP contribution is -2.53. The minimum Gasteiger partial charge on any atom is -0.329 e. The van der Waals surface area contributed by atoms with Crippen LogP contribution < -0.4 is 5.73 Å². The average Bonchev–Trinajstić information content (AvgIpc) is 2.56. The molecule has 0 spiro atoms. The Morgan fingerprint density at radius 3 is 2.43 bits per heavy atom. The molecule has 116 valence electrons. The zero-order valence-electron chi connectivity index (χ0n) is 13.1. The largest absolute Gasteiger partial charge is 0.329 e. The Morgan fingerprint density at radius 1 is 0.952 bits per heavy atom. The van der Waals surface area contributed by atoms with Crippen molar-refractivity contribution in [2.75, 3.05) is 26.2 Å². The third-order valence-corrected chi connectivity index (χ3v) is 5.22. The van der Waals surface area contributed by atoms with Crippen LogP contribution in [-0.2, 0) is 6.54 Å². The van der Waals surface area contributed by atoms with Gasteiger partial charge in [-0.3, -0.25) is 9.80 Å². The summed E-state index contributed by atoms with van der Waals surface area (Å²) in [6.45, 7) is 5.67. The SMILES string of the molecule is NCC1CCCCN1C1CCN(Cc2ccccc2)CC1. The molecular formula is C18H29N3. The predicted octanol–water partition coefficient (Wildman–Crippen LogP) is 2.46. The van der Waals surface area contributed by atoms with E-state index in [0.717, 1.165) is 19.1 Å². The van der Waals surface area contributed by atoms with Gasteiger partial charge in [-0.15, -0.1) is 0 Å². The Morgan fingerprint density at radius 2 is 1.71 bits per heavy atom. The average molecular weight is 287 g/mol. The summed E-state index contributed by atoms with van der Waals surface area (Å²) in [4.78, 5) is 5.33. The number of nitrogens with two attached hydrogens (primary N) is 1. The molecule has 2 aliphatic heterocycles. The normalized spacial score (nSPS) is 26.0. The molecule has 0 aliphatic carbocycles. The van der Waals surface area contributed by atoms with Crippen molar-refractivity contribution in [1.29, 1.82) is 0 Å². The number of hydrogen-bond acceptors (Lipinski definition) is 3. The van der Waals surface area contributed by atoms with Gasteiger partial charge in [0.25, 0.3) is 0 Å². The number of hydrogen-bond donors (Lipinski definition) is 1. The van der Waals surface area contributed by atoms with Gasteiger partial charge in [-0.05, 0) is 50.9 Å². The van der Waals surface area contributed by atoms with Crippen molar-refractivity contribution in [3.63, 3.8) is 0 Å². The van der Waals surface area contributed by atoms with Gasteiger partial charge in [0.05, 0.1) is 0 Å². The molecule has 3 rings (SSSR count). The quantitative estimate of drug-likeness (QED) is 0.923. The number of piperidine rings is 2. The van der Waals surface area contributed by atoms with Crippen molar-refractivity contribution in [2.24, 2.45) is 5.73 Å². The first-order chi connectivity index (χ1) is 10.4. The third-order valence-electron chi connectivity index (χ3n) is 5.22. The minimum atomic E-state index is 0.643. The minimum absolute atomic E-state index is 0.643. The van der Waals surface area contributed by atoms with Crippen LogP contribution in [0.15, 0.2) is 30.3 Å². The van der Waals surface area contributed by atoms with Gasteiger partial charge < -0.3 is 5.73 Å². The zero-order valence-corrected chi connectivity index (χ0v) is 13.1. The molecule has 2 saturated heterocycles. The van der Waals surface area contributed by atoms with E-state index in [1.54, 1.807) is 0 Å². The summed E-state index contributed by atoms with van der Waals surface area (Å²) in [6, 6.07) is 12.3. The number of nitrogens with zero attached hydrogens (tertiary/aromatic N) is 2. The van der Waals surface area contributed by atoms with Crippen LogP contribution in [0.5, 0.6) is 0 Å². The van der Waals surface area contributed by atoms with Crippen LogP contribution in [0, 0.1) is 0 Å². The smallest absolute Gasteiger partial charge is 0.0233 e. The summed E-state index contributed by atoms with van der Waals surface area (Å²) < 4.78 is 0. The van der Waals surface area contributed by atoms with Gasteiger partial charge in [-0.2, -0.15) is 0 Å². The molecule has 3 nitrogen and oxygen atoms in total. The second-order valence-electron chi connectivity index (χ2n) is 6.62. The monoisotopic (exact) mass is 287 g/mol. The van der Waals surface area contributed by atoms with E-state index >= 15 is 0 Å². The first-order valence-corrected chi connectivity index (χ1v) is 8.59. The highest BCUT2D eigenvalue weighted by molar-refractivity contribution is 5.14. The highest BCUT2D eigenvalue weighted by Crippen LogP contribution is 2.25. The predicted molar refractivity (Wildman–Crippen MR) is 88.1 cm³/mol. The summed E-state index contributed by atoms with van der Waals surface area (Å²) in [6.07, 6.45) is 6.65. The van der Waals surface area contributed by atoms with E-state index in [1.807, 2.05) is 0 Å². The van der Waals surface area contributed by atoms with Gasteiger partial charge in [-0.25, -0.2) is 0 Å². The van der Waals surface area contributed by atoms with E-state index in [-0.39, 0.29) is 0 Å². The molecule has 2 aliphatic rings. The molecule has 1 aromatic carbocycles. The second-order valence-corrected chi connectivity index (χ2v) is 6.62. The first-order valence-electron chi connectivity index (χ1n) is 8.59. The Hall–Kier alpha value is -0.900. The molecule has 2 heterocycles. The third kappa shape index (κ3) is 3.85. The van der Waals surface area contributed by atoms with Crippen LogP contribution in [0.2, 0.25) is 0 Å². The summed E-state index contributed by atoms with van der Waals surface area (Å²) in [5.74, 6) is 0. The lowest BCUT2D eigenvalue weighted by molar-refractivity contribution is 0.0517. The fourth-order valence-corrected chi connectivity index (χ4v) is 4.01. The fourth-order valence-electron chi connectivity index (χ4n) is 4.01. The van der Waals surface area contributed by atoms with Gasteiger partial charge >= 0.3 is 0 Å². The van der Waals surface area contributed by atoms with Crippen molar-refractivity contribution >= 4 is 0 Å². The Labute approximate surface area is 129 Å². The van der Waals surface area contributed by atoms with Crippen LogP contribution in [0.25, 0.3) is 0 Å². The summed E-state index contributed by atoms with van der Waals surface area (Å²) in [7, 11) is 0. The molecule has 1 atom stereocenters. The van der Waals surface area contributed by atoms with E-state index in [1.165, 1.54) is 57.3 Å². The standard InChI is InChI=1S/C18H29N3/c19-14-18-8-4-5-11-21(18)17-9-12-20(13-10-17)15-16-6-2-1-3-7-16/h1-3,6-7,17-18H,4-5,8-15,19H2. The van der Waals surface area contributed by atoms with Gasteiger partial charge in [0.2, 0.25) is 0 Å². The van der Waals surface area contributed by atoms with Gasteiger partial charge in [0.15, 0.2) is 0 Å². The fraction of sp³-hybridized carbons (Fsp3) is 0.667. The molecule has 0 radical (unpaired) electrons. The molecule has 0 amide bonds. The molecule has 2 N–H and O–H groups in total. The van der Waals surface area contributed by atoms with Crippen molar-refractivity contribution in [1.82, 2.24) is 9.80 Å². The van der Waals surface area contributed by atoms with E-state index in [2.05, 4.69) is 40.1 Å². The summed E-state index contributed by atoms with van der Waals surface area (Å²) in [5, 5.41) is 0. The van der Waals surface area contributed by atoms with Gasteiger partial charge in [0, 0.05) is 25.2 Å². The Kier molecular flexibility index (Phi) is 5.28. The molecule has 1 unspecified atom stereocenters. The molecule has 21 heavy (non-hydrogen) atoms. The maximum absolute atomic E-state index is 5.98. The molecule has 3 heteroatoms. The molecule has 2 fully saturated rings. The van der Waals surface area contributed by atoms with Gasteiger partial charge in [0.1, 0.15) is 0 Å². The molecule has 0 saturated carbocycles. The van der Waals surface area contributed by atoms with Crippen molar-refractivity contribution in [3.05, 3.63) is 35.9 Å². The maximum atomic E-state index is 5.98. The van der Waals surface area contributed by atoms with E-state index in [4.69, 9.17) is 5.73 Å². The first kappa shape index (κ1) is 15.0. The van der Waals surface area contributed by atoms with Crippen molar-refractivity contribution in [3.8, 4) is 0 Å². The summed E-state index contributed by atoms with van der Waals surface area (Å²) in [5.41, 5.74) is 7.42. The number of rotatable bonds is 4.